The fraction of sp³-hybridized carbons (Fsp3) is 0.133. The first-order valence-corrected chi connectivity index (χ1v) is 14.4. The lowest BCUT2D eigenvalue weighted by Gasteiger charge is -2.31. The number of thiazole rings is 1. The van der Waals surface area contributed by atoms with E-state index in [1.54, 1.807) is 22.8 Å². The molecule has 6 rings (SSSR count). The van der Waals surface area contributed by atoms with Crippen LogP contribution in [-0.2, 0) is 0 Å². The molecule has 0 radical (unpaired) electrons. The molecule has 38 heavy (non-hydrogen) atoms. The smallest absolute Gasteiger partial charge is 0.271 e. The highest BCUT2D eigenvalue weighted by atomic mass is 35.5. The number of hydrogen-bond acceptors (Lipinski definition) is 3. The van der Waals surface area contributed by atoms with Crippen molar-refractivity contribution in [2.75, 3.05) is 0 Å². The number of fused-ring (bicyclic) bond motifs is 1. The van der Waals surface area contributed by atoms with Crippen LogP contribution in [0.5, 0.6) is 0 Å². The minimum atomic E-state index is -0.354. The van der Waals surface area contributed by atoms with Gasteiger partial charge in [0.2, 0.25) is 0 Å². The Hall–Kier alpha value is -2.60. The standard InChI is InChI=1S/C30H20Cl4N2OS/c31-20-13-12-18(25(34)16-20)15-26-29(37)36-28(21-8-2-4-11-24(21)33)22-9-5-7-19(27(22)35-30(36)38-26)14-17-6-1-3-10-23(17)32/h1-4,6,8,10-16,28H,5,7,9H2/b19-14-,26-15-. The molecule has 0 saturated carbocycles. The van der Waals surface area contributed by atoms with Crippen molar-refractivity contribution in [1.82, 2.24) is 4.57 Å². The Morgan fingerprint density at radius 3 is 2.34 bits per heavy atom. The van der Waals surface area contributed by atoms with Gasteiger partial charge in [-0.05, 0) is 83.5 Å². The monoisotopic (exact) mass is 596 g/mol. The lowest BCUT2D eigenvalue weighted by molar-refractivity contribution is 0.553. The van der Waals surface area contributed by atoms with Crippen LogP contribution in [0.2, 0.25) is 20.1 Å². The predicted molar refractivity (Wildman–Crippen MR) is 159 cm³/mol. The zero-order valence-electron chi connectivity index (χ0n) is 19.9. The first-order valence-electron chi connectivity index (χ1n) is 12.1. The van der Waals surface area contributed by atoms with Crippen molar-refractivity contribution in [2.45, 2.75) is 25.3 Å². The van der Waals surface area contributed by atoms with Gasteiger partial charge in [0.1, 0.15) is 0 Å². The molecular formula is C30H20Cl4N2OS. The number of rotatable bonds is 3. The quantitative estimate of drug-likeness (QED) is 0.235. The van der Waals surface area contributed by atoms with Gasteiger partial charge < -0.3 is 0 Å². The summed E-state index contributed by atoms with van der Waals surface area (Å²) in [7, 11) is 0. The molecule has 190 valence electrons. The fourth-order valence-corrected chi connectivity index (χ4v) is 6.95. The second-order valence-electron chi connectivity index (χ2n) is 9.19. The van der Waals surface area contributed by atoms with Crippen molar-refractivity contribution < 1.29 is 0 Å². The number of allylic oxidation sites excluding steroid dienone is 2. The van der Waals surface area contributed by atoms with Gasteiger partial charge in [-0.3, -0.25) is 9.36 Å². The maximum Gasteiger partial charge on any atom is 0.271 e. The highest BCUT2D eigenvalue weighted by molar-refractivity contribution is 7.07. The molecule has 0 saturated heterocycles. The van der Waals surface area contributed by atoms with Gasteiger partial charge in [0.05, 0.1) is 16.3 Å². The molecular weight excluding hydrogens is 578 g/mol. The van der Waals surface area contributed by atoms with Crippen LogP contribution < -0.4 is 14.9 Å². The van der Waals surface area contributed by atoms with Crippen LogP contribution in [-0.4, -0.2) is 4.57 Å². The SMILES string of the molecule is O=c1/c(=C/c2ccc(Cl)cc2Cl)sc2n1C(c1ccccc1Cl)C1=C(N=2)/C(=C\c2ccccc2Cl)CCC1. The molecule has 1 aliphatic carbocycles. The average Bonchev–Trinajstić information content (AvgIpc) is 3.21. The Kier molecular flexibility index (Phi) is 7.10. The van der Waals surface area contributed by atoms with Gasteiger partial charge in [-0.1, -0.05) is 100 Å². The maximum absolute atomic E-state index is 13.9. The van der Waals surface area contributed by atoms with Crippen molar-refractivity contribution in [3.8, 4) is 0 Å². The van der Waals surface area contributed by atoms with E-state index < -0.39 is 0 Å². The van der Waals surface area contributed by atoms with Crippen molar-refractivity contribution in [3.63, 3.8) is 0 Å². The summed E-state index contributed by atoms with van der Waals surface area (Å²) in [5.41, 5.74) is 5.53. The topological polar surface area (TPSA) is 34.4 Å². The summed E-state index contributed by atoms with van der Waals surface area (Å²) in [6, 6.07) is 20.4. The fourth-order valence-electron chi connectivity index (χ4n) is 5.07. The van der Waals surface area contributed by atoms with Crippen LogP contribution in [0.15, 0.2) is 93.4 Å². The van der Waals surface area contributed by atoms with Gasteiger partial charge in [0.15, 0.2) is 4.80 Å². The molecule has 2 heterocycles. The lowest BCUT2D eigenvalue weighted by Crippen LogP contribution is -2.39. The van der Waals surface area contributed by atoms with E-state index in [0.29, 0.717) is 29.4 Å². The molecule has 0 bridgehead atoms. The van der Waals surface area contributed by atoms with E-state index in [1.165, 1.54) is 11.3 Å². The van der Waals surface area contributed by atoms with Crippen molar-refractivity contribution in [3.05, 3.63) is 140 Å². The molecule has 0 fully saturated rings. The van der Waals surface area contributed by atoms with E-state index in [9.17, 15) is 4.79 Å². The summed E-state index contributed by atoms with van der Waals surface area (Å²) >= 11 is 27.1. The molecule has 1 unspecified atom stereocenters. The van der Waals surface area contributed by atoms with Crippen LogP contribution in [0.4, 0.5) is 0 Å². The number of hydrogen-bond donors (Lipinski definition) is 0. The molecule has 1 aliphatic heterocycles. The molecule has 0 amide bonds. The van der Waals surface area contributed by atoms with Crippen LogP contribution in [0.1, 0.15) is 42.0 Å². The zero-order chi connectivity index (χ0) is 26.4. The van der Waals surface area contributed by atoms with E-state index in [1.807, 2.05) is 54.6 Å². The third-order valence-electron chi connectivity index (χ3n) is 6.82. The Balaban J connectivity index is 1.61. The number of nitrogens with zero attached hydrogens (tertiary/aromatic N) is 2. The van der Waals surface area contributed by atoms with E-state index >= 15 is 0 Å². The van der Waals surface area contributed by atoms with Crippen LogP contribution in [0, 0.1) is 0 Å². The molecule has 3 nitrogen and oxygen atoms in total. The van der Waals surface area contributed by atoms with Gasteiger partial charge in [-0.25, -0.2) is 4.99 Å². The van der Waals surface area contributed by atoms with Crippen LogP contribution in [0.3, 0.4) is 0 Å². The first-order chi connectivity index (χ1) is 18.4. The zero-order valence-corrected chi connectivity index (χ0v) is 23.8. The highest BCUT2D eigenvalue weighted by Gasteiger charge is 2.33. The average molecular weight is 598 g/mol. The molecule has 3 aromatic carbocycles. The van der Waals surface area contributed by atoms with E-state index in [2.05, 4.69) is 6.08 Å². The molecule has 0 spiro atoms. The summed E-state index contributed by atoms with van der Waals surface area (Å²) < 4.78 is 2.32. The van der Waals surface area contributed by atoms with Gasteiger partial charge in [0.25, 0.3) is 5.56 Å². The Morgan fingerprint density at radius 1 is 0.842 bits per heavy atom. The molecule has 2 aliphatic rings. The summed E-state index contributed by atoms with van der Waals surface area (Å²) in [4.78, 5) is 19.6. The molecule has 8 heteroatoms. The third kappa shape index (κ3) is 4.70. The minimum Gasteiger partial charge on any atom is -0.272 e. The van der Waals surface area contributed by atoms with Gasteiger partial charge in [-0.2, -0.15) is 0 Å². The van der Waals surface area contributed by atoms with Crippen molar-refractivity contribution in [1.29, 1.82) is 0 Å². The van der Waals surface area contributed by atoms with E-state index in [-0.39, 0.29) is 11.6 Å². The number of aromatic nitrogens is 1. The summed E-state index contributed by atoms with van der Waals surface area (Å²) in [6.07, 6.45) is 6.55. The maximum atomic E-state index is 13.9. The molecule has 0 N–H and O–H groups in total. The lowest BCUT2D eigenvalue weighted by atomic mass is 9.84. The number of benzene rings is 3. The second kappa shape index (κ2) is 10.5. The normalized spacial score (nSPS) is 18.4. The molecule has 1 aromatic heterocycles. The van der Waals surface area contributed by atoms with Crippen molar-refractivity contribution >= 4 is 69.9 Å². The van der Waals surface area contributed by atoms with Crippen LogP contribution >= 0.6 is 57.7 Å². The Bertz CT molecular complexity index is 1830. The number of halogens is 4. The predicted octanol–water partition coefficient (Wildman–Crippen LogP) is 8.10. The van der Waals surface area contributed by atoms with E-state index in [0.717, 1.165) is 52.8 Å². The van der Waals surface area contributed by atoms with Crippen molar-refractivity contribution in [2.24, 2.45) is 4.99 Å². The van der Waals surface area contributed by atoms with E-state index in [4.69, 9.17) is 51.4 Å². The molecule has 4 aromatic rings. The Labute approximate surface area is 243 Å². The highest BCUT2D eigenvalue weighted by Crippen LogP contribution is 2.42. The molecule has 1 atom stereocenters. The second-order valence-corrected chi connectivity index (χ2v) is 11.9. The minimum absolute atomic E-state index is 0.126. The largest absolute Gasteiger partial charge is 0.272 e. The van der Waals surface area contributed by atoms with Gasteiger partial charge >= 0.3 is 0 Å². The summed E-state index contributed by atoms with van der Waals surface area (Å²) in [6.45, 7) is 0. The van der Waals surface area contributed by atoms with Gasteiger partial charge in [-0.15, -0.1) is 0 Å². The Morgan fingerprint density at radius 2 is 1.58 bits per heavy atom. The summed E-state index contributed by atoms with van der Waals surface area (Å²) in [5, 5.41) is 2.33. The van der Waals surface area contributed by atoms with Crippen LogP contribution in [0.25, 0.3) is 12.2 Å². The first kappa shape index (κ1) is 25.7. The third-order valence-corrected chi connectivity index (χ3v) is 9.05. The van der Waals surface area contributed by atoms with Gasteiger partial charge in [0, 0.05) is 20.1 Å². The summed E-state index contributed by atoms with van der Waals surface area (Å²) in [5.74, 6) is 0.